The third-order valence-electron chi connectivity index (χ3n) is 2.50. The summed E-state index contributed by atoms with van der Waals surface area (Å²) in [5.74, 6) is 0.223. The van der Waals surface area contributed by atoms with Gasteiger partial charge in [-0.15, -0.1) is 0 Å². The van der Waals surface area contributed by atoms with Crippen LogP contribution < -0.4 is 10.1 Å². The quantitative estimate of drug-likeness (QED) is 0.683. The lowest BCUT2D eigenvalue weighted by Gasteiger charge is -2.08. The molecule has 0 aliphatic carbocycles. The summed E-state index contributed by atoms with van der Waals surface area (Å²) in [5, 5.41) is 13.8. The molecule has 2 aromatic rings. The van der Waals surface area contributed by atoms with Gasteiger partial charge < -0.3 is 10.1 Å². The van der Waals surface area contributed by atoms with Gasteiger partial charge >= 0.3 is 5.69 Å². The number of hydrogen-bond donors (Lipinski definition) is 1. The van der Waals surface area contributed by atoms with E-state index in [2.05, 4.69) is 5.32 Å². The molecule has 21 heavy (non-hydrogen) atoms. The van der Waals surface area contributed by atoms with Crippen LogP contribution in [0, 0.1) is 10.1 Å². The molecule has 0 atom stereocenters. The Labute approximate surface area is 125 Å². The zero-order chi connectivity index (χ0) is 15.4. The molecule has 0 radical (unpaired) electrons. The molecule has 0 aromatic heterocycles. The maximum absolute atomic E-state index is 11.0. The summed E-state index contributed by atoms with van der Waals surface area (Å²) in [6, 6.07) is 10.7. The highest BCUT2D eigenvalue weighted by Gasteiger charge is 2.16. The zero-order valence-corrected chi connectivity index (χ0v) is 11.8. The molecule has 0 saturated carbocycles. The second-order valence-electron chi connectivity index (χ2n) is 4.18. The topological polar surface area (TPSA) is 81.5 Å². The number of nitro benzene ring substituents is 1. The molecule has 0 bridgehead atoms. The van der Waals surface area contributed by atoms with Gasteiger partial charge in [-0.3, -0.25) is 14.9 Å². The summed E-state index contributed by atoms with van der Waals surface area (Å²) in [7, 11) is 0. The van der Waals surface area contributed by atoms with E-state index in [9.17, 15) is 14.9 Å². The molecule has 108 valence electrons. The number of rotatable bonds is 4. The number of nitrogens with zero attached hydrogens (tertiary/aromatic N) is 1. The van der Waals surface area contributed by atoms with Crippen molar-refractivity contribution in [2.24, 2.45) is 0 Å². The maximum Gasteiger partial charge on any atom is 0.313 e. The van der Waals surface area contributed by atoms with E-state index in [4.69, 9.17) is 16.3 Å². The van der Waals surface area contributed by atoms with E-state index < -0.39 is 4.92 Å². The summed E-state index contributed by atoms with van der Waals surface area (Å²) >= 11 is 5.74. The molecule has 0 aliphatic heterocycles. The molecule has 0 aliphatic rings. The van der Waals surface area contributed by atoms with Crippen molar-refractivity contribution >= 4 is 28.9 Å². The fourth-order valence-electron chi connectivity index (χ4n) is 1.69. The lowest BCUT2D eigenvalue weighted by atomic mass is 10.2. The van der Waals surface area contributed by atoms with E-state index >= 15 is 0 Å². The van der Waals surface area contributed by atoms with Crippen LogP contribution in [0.4, 0.5) is 11.4 Å². The molecule has 1 amide bonds. The minimum absolute atomic E-state index is 0.0735. The smallest absolute Gasteiger partial charge is 0.313 e. The van der Waals surface area contributed by atoms with E-state index in [1.54, 1.807) is 24.3 Å². The Morgan fingerprint density at radius 3 is 2.71 bits per heavy atom. The first kappa shape index (κ1) is 14.8. The van der Waals surface area contributed by atoms with Crippen molar-refractivity contribution in [1.29, 1.82) is 0 Å². The number of carbonyl (C=O) groups is 1. The highest BCUT2D eigenvalue weighted by Crippen LogP contribution is 2.34. The fourth-order valence-corrected chi connectivity index (χ4v) is 1.85. The predicted octanol–water partition coefficient (Wildman–Crippen LogP) is 4.00. The molecule has 6 nitrogen and oxygen atoms in total. The molecule has 0 fully saturated rings. The van der Waals surface area contributed by atoms with Crippen molar-refractivity contribution in [3.8, 4) is 11.5 Å². The number of anilines is 1. The number of nitrogens with one attached hydrogen (secondary N) is 1. The van der Waals surface area contributed by atoms with E-state index in [0.29, 0.717) is 11.4 Å². The summed E-state index contributed by atoms with van der Waals surface area (Å²) in [6.07, 6.45) is 0. The molecule has 0 heterocycles. The van der Waals surface area contributed by atoms with Gasteiger partial charge in [-0.25, -0.2) is 0 Å². The fraction of sp³-hybridized carbons (Fsp3) is 0.0714. The molecule has 0 unspecified atom stereocenters. The minimum atomic E-state index is -0.571. The van der Waals surface area contributed by atoms with Gasteiger partial charge in [0.25, 0.3) is 0 Å². The zero-order valence-electron chi connectivity index (χ0n) is 11.0. The van der Waals surface area contributed by atoms with Gasteiger partial charge in [-0.1, -0.05) is 17.7 Å². The lowest BCUT2D eigenvalue weighted by molar-refractivity contribution is -0.385. The van der Waals surface area contributed by atoms with Crippen molar-refractivity contribution in [1.82, 2.24) is 0 Å². The largest absolute Gasteiger partial charge is 0.450 e. The average Bonchev–Trinajstić information content (AvgIpc) is 2.40. The Hall–Kier alpha value is -2.60. The first-order valence-corrected chi connectivity index (χ1v) is 6.33. The molecule has 1 N–H and O–H groups in total. The molecular weight excluding hydrogens is 296 g/mol. The number of amides is 1. The van der Waals surface area contributed by atoms with E-state index in [-0.39, 0.29) is 22.4 Å². The van der Waals surface area contributed by atoms with Crippen LogP contribution >= 0.6 is 11.6 Å². The summed E-state index contributed by atoms with van der Waals surface area (Å²) < 4.78 is 5.50. The number of ether oxygens (including phenoxy) is 1. The summed E-state index contributed by atoms with van der Waals surface area (Å²) in [5.41, 5.74) is 0.309. The van der Waals surface area contributed by atoms with Crippen LogP contribution in [0.5, 0.6) is 11.5 Å². The minimum Gasteiger partial charge on any atom is -0.450 e. The molecule has 0 spiro atoms. The van der Waals surface area contributed by atoms with Crippen LogP contribution in [0.1, 0.15) is 6.92 Å². The van der Waals surface area contributed by atoms with Gasteiger partial charge in [0.1, 0.15) is 5.75 Å². The van der Waals surface area contributed by atoms with Gasteiger partial charge in [0.15, 0.2) is 0 Å². The highest BCUT2D eigenvalue weighted by atomic mass is 35.5. The highest BCUT2D eigenvalue weighted by molar-refractivity contribution is 6.30. The normalized spacial score (nSPS) is 10.0. The summed E-state index contributed by atoms with van der Waals surface area (Å²) in [4.78, 5) is 21.4. The van der Waals surface area contributed by atoms with Crippen molar-refractivity contribution in [2.45, 2.75) is 6.92 Å². The Kier molecular flexibility index (Phi) is 4.39. The van der Waals surface area contributed by atoms with Crippen molar-refractivity contribution < 1.29 is 14.5 Å². The Bertz CT molecular complexity index is 703. The van der Waals surface area contributed by atoms with Crippen molar-refractivity contribution in [3.63, 3.8) is 0 Å². The third-order valence-corrected chi connectivity index (χ3v) is 2.73. The second-order valence-corrected chi connectivity index (χ2v) is 4.62. The lowest BCUT2D eigenvalue weighted by Crippen LogP contribution is -2.05. The van der Waals surface area contributed by atoms with Gasteiger partial charge in [-0.05, 0) is 24.3 Å². The average molecular weight is 307 g/mol. The Morgan fingerprint density at radius 2 is 2.05 bits per heavy atom. The molecule has 2 rings (SSSR count). The van der Waals surface area contributed by atoms with E-state index in [0.717, 1.165) is 0 Å². The number of carbonyl (C=O) groups excluding carboxylic acids is 1. The first-order valence-electron chi connectivity index (χ1n) is 5.95. The Balaban J connectivity index is 2.30. The van der Waals surface area contributed by atoms with Gasteiger partial charge in [0.05, 0.1) is 4.92 Å². The molecular formula is C14H11ClN2O4. The van der Waals surface area contributed by atoms with Crippen LogP contribution in [0.3, 0.4) is 0 Å². The first-order chi connectivity index (χ1) is 9.95. The number of benzene rings is 2. The summed E-state index contributed by atoms with van der Waals surface area (Å²) in [6.45, 7) is 1.39. The third kappa shape index (κ3) is 3.93. The maximum atomic E-state index is 11.0. The SMILES string of the molecule is CC(=O)Nc1cccc(Oc2ccc(Cl)cc2[N+](=O)[O-])c1. The Morgan fingerprint density at radius 1 is 1.29 bits per heavy atom. The van der Waals surface area contributed by atoms with Crippen molar-refractivity contribution in [2.75, 3.05) is 5.32 Å². The standard InChI is InChI=1S/C14H11ClN2O4/c1-9(18)16-11-3-2-4-12(8-11)21-14-6-5-10(15)7-13(14)17(19)20/h2-8H,1H3,(H,16,18). The predicted molar refractivity (Wildman–Crippen MR) is 78.9 cm³/mol. The molecule has 0 saturated heterocycles. The monoisotopic (exact) mass is 306 g/mol. The number of halogens is 1. The van der Waals surface area contributed by atoms with Crippen LogP contribution in [-0.4, -0.2) is 10.8 Å². The van der Waals surface area contributed by atoms with Crippen LogP contribution in [0.2, 0.25) is 5.02 Å². The number of hydrogen-bond acceptors (Lipinski definition) is 4. The second kappa shape index (κ2) is 6.23. The van der Waals surface area contributed by atoms with Gasteiger partial charge in [0, 0.05) is 29.8 Å². The molecule has 2 aromatic carbocycles. The van der Waals surface area contributed by atoms with Crippen LogP contribution in [0.15, 0.2) is 42.5 Å². The van der Waals surface area contributed by atoms with Gasteiger partial charge in [0.2, 0.25) is 11.7 Å². The number of nitro groups is 1. The van der Waals surface area contributed by atoms with Gasteiger partial charge in [-0.2, -0.15) is 0 Å². The van der Waals surface area contributed by atoms with E-state index in [1.807, 2.05) is 0 Å². The van der Waals surface area contributed by atoms with Crippen molar-refractivity contribution in [3.05, 3.63) is 57.6 Å². The van der Waals surface area contributed by atoms with Crippen LogP contribution in [-0.2, 0) is 4.79 Å². The van der Waals surface area contributed by atoms with E-state index in [1.165, 1.54) is 25.1 Å². The van der Waals surface area contributed by atoms with Crippen LogP contribution in [0.25, 0.3) is 0 Å². The molecule has 7 heteroatoms.